The first-order chi connectivity index (χ1) is 4.74. The third kappa shape index (κ3) is 1.48. The van der Waals surface area contributed by atoms with Crippen molar-refractivity contribution in [2.75, 3.05) is 13.1 Å². The molecule has 1 amide bonds. The Kier molecular flexibility index (Phi) is 2.27. The fourth-order valence-corrected chi connectivity index (χ4v) is 1.03. The van der Waals surface area contributed by atoms with Gasteiger partial charge >= 0.3 is 0 Å². The van der Waals surface area contributed by atoms with Crippen molar-refractivity contribution in [2.24, 2.45) is 0 Å². The minimum absolute atomic E-state index is 0.174. The maximum absolute atomic E-state index is 11.0. The predicted octanol–water partition coefficient (Wildman–Crippen LogP) is -0.0104. The second kappa shape index (κ2) is 3.01. The van der Waals surface area contributed by atoms with Crippen molar-refractivity contribution in [2.45, 2.75) is 25.9 Å². The van der Waals surface area contributed by atoms with Crippen LogP contribution in [0.15, 0.2) is 0 Å². The lowest BCUT2D eigenvalue weighted by Crippen LogP contribution is -2.53. The molecule has 0 aromatic rings. The van der Waals surface area contributed by atoms with E-state index >= 15 is 0 Å². The summed E-state index contributed by atoms with van der Waals surface area (Å²) in [6.45, 7) is 3.06. The van der Waals surface area contributed by atoms with E-state index in [0.29, 0.717) is 19.5 Å². The molecular formula is C7H13NO2. The van der Waals surface area contributed by atoms with Crippen molar-refractivity contribution in [3.63, 3.8) is 0 Å². The molecule has 1 fully saturated rings. The van der Waals surface area contributed by atoms with E-state index in [-0.39, 0.29) is 12.0 Å². The number of aliphatic hydroxyl groups excluding tert-OH is 1. The molecule has 0 radical (unpaired) electrons. The first-order valence-corrected chi connectivity index (χ1v) is 3.70. The molecule has 3 heteroatoms. The summed E-state index contributed by atoms with van der Waals surface area (Å²) in [6.07, 6.45) is 1.25. The monoisotopic (exact) mass is 143 g/mol. The van der Waals surface area contributed by atoms with Gasteiger partial charge in [0.15, 0.2) is 0 Å². The normalized spacial score (nSPS) is 18.8. The van der Waals surface area contributed by atoms with E-state index in [9.17, 15) is 4.79 Å². The zero-order valence-corrected chi connectivity index (χ0v) is 6.21. The molecule has 3 nitrogen and oxygen atoms in total. The number of hydrogen-bond donors (Lipinski definition) is 1. The number of β-amino-alcohol motifs (C(OH)–C–C–N with tert-alkyl or cyclic N) is 1. The summed E-state index contributed by atoms with van der Waals surface area (Å²) < 4.78 is 0. The van der Waals surface area contributed by atoms with E-state index in [1.165, 1.54) is 0 Å². The molecule has 0 spiro atoms. The van der Waals surface area contributed by atoms with Crippen LogP contribution in [0.4, 0.5) is 0 Å². The summed E-state index contributed by atoms with van der Waals surface area (Å²) in [6, 6.07) is 0. The largest absolute Gasteiger partial charge is 0.389 e. The number of likely N-dealkylation sites (tertiary alicyclic amines) is 1. The molecule has 0 aromatic heterocycles. The quantitative estimate of drug-likeness (QED) is 0.590. The van der Waals surface area contributed by atoms with Gasteiger partial charge in [0.2, 0.25) is 5.91 Å². The number of carbonyl (C=O) groups is 1. The average molecular weight is 143 g/mol. The molecule has 1 rings (SSSR count). The maximum atomic E-state index is 11.0. The Morgan fingerprint density at radius 2 is 2.30 bits per heavy atom. The van der Waals surface area contributed by atoms with Gasteiger partial charge in [-0.15, -0.1) is 0 Å². The molecule has 1 saturated heterocycles. The Morgan fingerprint density at radius 3 is 2.70 bits per heavy atom. The fourth-order valence-electron chi connectivity index (χ4n) is 1.03. The highest BCUT2D eigenvalue weighted by Crippen LogP contribution is 2.09. The Hall–Kier alpha value is -0.570. The summed E-state index contributed by atoms with van der Waals surface area (Å²) in [7, 11) is 0. The number of hydrogen-bond acceptors (Lipinski definition) is 2. The summed E-state index contributed by atoms with van der Waals surface area (Å²) in [5, 5.41) is 8.84. The molecule has 0 unspecified atom stereocenters. The van der Waals surface area contributed by atoms with Crippen LogP contribution < -0.4 is 0 Å². The lowest BCUT2D eigenvalue weighted by Gasteiger charge is -2.35. The maximum Gasteiger partial charge on any atom is 0.222 e. The first kappa shape index (κ1) is 7.54. The van der Waals surface area contributed by atoms with Gasteiger partial charge in [0.1, 0.15) is 0 Å². The third-order valence-electron chi connectivity index (χ3n) is 1.68. The molecule has 1 aliphatic rings. The number of aliphatic hydroxyl groups is 1. The highest BCUT2D eigenvalue weighted by Gasteiger charge is 2.27. The molecule has 0 saturated carbocycles. The van der Waals surface area contributed by atoms with E-state index < -0.39 is 0 Å². The summed E-state index contributed by atoms with van der Waals surface area (Å²) in [5.74, 6) is 0.174. The van der Waals surface area contributed by atoms with Gasteiger partial charge in [-0.1, -0.05) is 6.92 Å². The Bertz CT molecular complexity index is 130. The number of carbonyl (C=O) groups excluding carboxylic acids is 1. The van der Waals surface area contributed by atoms with Gasteiger partial charge in [-0.3, -0.25) is 4.79 Å². The van der Waals surface area contributed by atoms with Crippen LogP contribution in [0.2, 0.25) is 0 Å². The van der Waals surface area contributed by atoms with Gasteiger partial charge in [-0.25, -0.2) is 0 Å². The van der Waals surface area contributed by atoms with Crippen molar-refractivity contribution in [1.82, 2.24) is 4.90 Å². The fraction of sp³-hybridized carbons (Fsp3) is 0.857. The molecule has 0 atom stereocenters. The first-order valence-electron chi connectivity index (χ1n) is 3.70. The van der Waals surface area contributed by atoms with E-state index in [1.807, 2.05) is 6.92 Å². The Morgan fingerprint density at radius 1 is 1.70 bits per heavy atom. The molecule has 1 heterocycles. The van der Waals surface area contributed by atoms with Gasteiger partial charge in [0.05, 0.1) is 6.10 Å². The SMILES string of the molecule is CCCC(=O)N1CC(O)C1. The topological polar surface area (TPSA) is 40.5 Å². The van der Waals surface area contributed by atoms with Crippen LogP contribution in [-0.2, 0) is 4.79 Å². The third-order valence-corrected chi connectivity index (χ3v) is 1.68. The molecule has 0 aromatic carbocycles. The predicted molar refractivity (Wildman–Crippen MR) is 37.5 cm³/mol. The van der Waals surface area contributed by atoms with Crippen LogP contribution in [0.5, 0.6) is 0 Å². The van der Waals surface area contributed by atoms with Gasteiger partial charge in [-0.2, -0.15) is 0 Å². The van der Waals surface area contributed by atoms with Crippen molar-refractivity contribution in [3.8, 4) is 0 Å². The van der Waals surface area contributed by atoms with Crippen molar-refractivity contribution >= 4 is 5.91 Å². The highest BCUT2D eigenvalue weighted by atomic mass is 16.3. The van der Waals surface area contributed by atoms with E-state index in [1.54, 1.807) is 4.90 Å². The van der Waals surface area contributed by atoms with E-state index in [4.69, 9.17) is 5.11 Å². The Labute approximate surface area is 60.6 Å². The lowest BCUT2D eigenvalue weighted by molar-refractivity contribution is -0.141. The van der Waals surface area contributed by atoms with Gasteiger partial charge < -0.3 is 10.0 Å². The summed E-state index contributed by atoms with van der Waals surface area (Å²) in [4.78, 5) is 12.7. The van der Waals surface area contributed by atoms with Crippen LogP contribution in [-0.4, -0.2) is 35.1 Å². The molecule has 0 aliphatic carbocycles. The molecule has 1 N–H and O–H groups in total. The molecule has 0 bridgehead atoms. The zero-order chi connectivity index (χ0) is 7.56. The van der Waals surface area contributed by atoms with Crippen molar-refractivity contribution < 1.29 is 9.90 Å². The van der Waals surface area contributed by atoms with Crippen molar-refractivity contribution in [1.29, 1.82) is 0 Å². The van der Waals surface area contributed by atoms with E-state index in [0.717, 1.165) is 6.42 Å². The van der Waals surface area contributed by atoms with E-state index in [2.05, 4.69) is 0 Å². The number of rotatable bonds is 2. The number of amides is 1. The Balaban J connectivity index is 2.18. The second-order valence-corrected chi connectivity index (χ2v) is 2.70. The zero-order valence-electron chi connectivity index (χ0n) is 6.21. The minimum Gasteiger partial charge on any atom is -0.389 e. The van der Waals surface area contributed by atoms with Crippen LogP contribution >= 0.6 is 0 Å². The average Bonchev–Trinajstić information content (AvgIpc) is 1.82. The van der Waals surface area contributed by atoms with Crippen LogP contribution in [0.1, 0.15) is 19.8 Å². The molecule has 10 heavy (non-hydrogen) atoms. The van der Waals surface area contributed by atoms with Crippen LogP contribution in [0.25, 0.3) is 0 Å². The standard InChI is InChI=1S/C7H13NO2/c1-2-3-7(10)8-4-6(9)5-8/h6,9H,2-5H2,1H3. The lowest BCUT2D eigenvalue weighted by atomic mass is 10.1. The highest BCUT2D eigenvalue weighted by molar-refractivity contribution is 5.77. The minimum atomic E-state index is -0.263. The summed E-state index contributed by atoms with van der Waals surface area (Å²) >= 11 is 0. The van der Waals surface area contributed by atoms with Crippen LogP contribution in [0, 0.1) is 0 Å². The van der Waals surface area contributed by atoms with Gasteiger partial charge in [0.25, 0.3) is 0 Å². The summed E-state index contributed by atoms with van der Waals surface area (Å²) in [5.41, 5.74) is 0. The molecule has 58 valence electrons. The van der Waals surface area contributed by atoms with Crippen LogP contribution in [0.3, 0.4) is 0 Å². The number of nitrogens with zero attached hydrogens (tertiary/aromatic N) is 1. The molecular weight excluding hydrogens is 130 g/mol. The second-order valence-electron chi connectivity index (χ2n) is 2.70. The van der Waals surface area contributed by atoms with Gasteiger partial charge in [0, 0.05) is 19.5 Å². The molecule has 1 aliphatic heterocycles. The van der Waals surface area contributed by atoms with Crippen molar-refractivity contribution in [3.05, 3.63) is 0 Å². The van der Waals surface area contributed by atoms with Gasteiger partial charge in [-0.05, 0) is 6.42 Å². The smallest absolute Gasteiger partial charge is 0.222 e.